The Hall–Kier alpha value is -1.15. The molecule has 1 aromatic heterocycles. The van der Waals surface area contributed by atoms with E-state index in [0.717, 1.165) is 37.3 Å². The summed E-state index contributed by atoms with van der Waals surface area (Å²) >= 11 is 1.63. The van der Waals surface area contributed by atoms with Gasteiger partial charge in [0.25, 0.3) is 0 Å². The van der Waals surface area contributed by atoms with E-state index in [1.165, 1.54) is 0 Å². The molecule has 104 valence electrons. The number of hydrogen-bond acceptors (Lipinski definition) is 6. The number of nitrogens with one attached hydrogen (secondary N) is 1. The van der Waals surface area contributed by atoms with Crippen LogP contribution in [-0.2, 0) is 11.8 Å². The Morgan fingerprint density at radius 1 is 1.53 bits per heavy atom. The molecule has 2 aliphatic rings. The number of thioether (sulfide) groups is 1. The maximum Gasteiger partial charge on any atom is 0.237 e. The first-order valence-electron chi connectivity index (χ1n) is 6.56. The quantitative estimate of drug-likeness (QED) is 0.778. The largest absolute Gasteiger partial charge is 0.368 e. The van der Waals surface area contributed by atoms with E-state index in [9.17, 15) is 4.79 Å². The van der Waals surface area contributed by atoms with E-state index in [2.05, 4.69) is 20.8 Å². The van der Waals surface area contributed by atoms with Crippen LogP contribution < -0.4 is 11.1 Å². The van der Waals surface area contributed by atoms with Crippen LogP contribution in [0.3, 0.4) is 0 Å². The van der Waals surface area contributed by atoms with Gasteiger partial charge >= 0.3 is 0 Å². The molecule has 8 heteroatoms. The minimum absolute atomic E-state index is 0.224. The fraction of sp³-hybridized carbons (Fsp3) is 0.818. The van der Waals surface area contributed by atoms with Crippen molar-refractivity contribution in [1.29, 1.82) is 0 Å². The summed E-state index contributed by atoms with van der Waals surface area (Å²) in [5.41, 5.74) is 5.10. The van der Waals surface area contributed by atoms with E-state index in [0.29, 0.717) is 11.3 Å². The van der Waals surface area contributed by atoms with Gasteiger partial charge in [-0.3, -0.25) is 4.79 Å². The first-order valence-corrected chi connectivity index (χ1v) is 7.44. The summed E-state index contributed by atoms with van der Waals surface area (Å²) in [6.07, 6.45) is 4.83. The number of rotatable bonds is 5. The van der Waals surface area contributed by atoms with Crippen LogP contribution in [0.1, 0.15) is 32.1 Å². The second-order valence-electron chi connectivity index (χ2n) is 5.43. The third-order valence-electron chi connectivity index (χ3n) is 3.85. The Balaban J connectivity index is 1.67. The Morgan fingerprint density at radius 2 is 2.32 bits per heavy atom. The topological polar surface area (TPSA) is 98.7 Å². The van der Waals surface area contributed by atoms with E-state index in [-0.39, 0.29) is 5.91 Å². The van der Waals surface area contributed by atoms with Gasteiger partial charge in [-0.15, -0.1) is 5.10 Å². The summed E-state index contributed by atoms with van der Waals surface area (Å²) in [5.74, 6) is -0.224. The maximum atomic E-state index is 11.8. The van der Waals surface area contributed by atoms with E-state index in [1.54, 1.807) is 16.4 Å². The summed E-state index contributed by atoms with van der Waals surface area (Å²) in [5, 5.41) is 16.0. The van der Waals surface area contributed by atoms with Crippen molar-refractivity contribution >= 4 is 17.7 Å². The minimum atomic E-state index is -0.523. The summed E-state index contributed by atoms with van der Waals surface area (Å²) in [4.78, 5) is 11.8. The summed E-state index contributed by atoms with van der Waals surface area (Å²) in [6, 6.07) is 0.479. The molecule has 19 heavy (non-hydrogen) atoms. The third kappa shape index (κ3) is 2.59. The molecule has 0 saturated heterocycles. The average molecular weight is 282 g/mol. The second kappa shape index (κ2) is 4.75. The van der Waals surface area contributed by atoms with Gasteiger partial charge in [0.2, 0.25) is 11.1 Å². The molecular formula is C11H18N6OS. The molecule has 2 fully saturated rings. The van der Waals surface area contributed by atoms with Gasteiger partial charge in [0.05, 0.1) is 5.54 Å². The Kier molecular flexibility index (Phi) is 3.22. The molecule has 3 rings (SSSR count). The third-order valence-corrected chi connectivity index (χ3v) is 5.14. The number of carbonyl (C=O) groups is 1. The average Bonchev–Trinajstić information content (AvgIpc) is 2.93. The number of hydrogen-bond donors (Lipinski definition) is 2. The van der Waals surface area contributed by atoms with Crippen molar-refractivity contribution in [1.82, 2.24) is 25.5 Å². The number of tetrazole rings is 1. The Bertz CT molecular complexity index is 487. The van der Waals surface area contributed by atoms with Gasteiger partial charge in [-0.05, 0) is 42.5 Å². The fourth-order valence-corrected chi connectivity index (χ4v) is 3.79. The van der Waals surface area contributed by atoms with Crippen molar-refractivity contribution in [2.45, 2.75) is 54.1 Å². The zero-order valence-corrected chi connectivity index (χ0v) is 11.7. The second-order valence-corrected chi connectivity index (χ2v) is 6.70. The zero-order valence-electron chi connectivity index (χ0n) is 10.9. The lowest BCUT2D eigenvalue weighted by molar-refractivity contribution is -0.124. The van der Waals surface area contributed by atoms with Crippen molar-refractivity contribution in [3.05, 3.63) is 0 Å². The molecule has 0 aliphatic heterocycles. The van der Waals surface area contributed by atoms with Crippen molar-refractivity contribution < 1.29 is 4.79 Å². The highest BCUT2D eigenvalue weighted by atomic mass is 32.2. The van der Waals surface area contributed by atoms with Gasteiger partial charge in [0.15, 0.2) is 0 Å². The summed E-state index contributed by atoms with van der Waals surface area (Å²) in [7, 11) is 1.82. The lowest BCUT2D eigenvalue weighted by Crippen LogP contribution is -2.54. The number of aromatic nitrogens is 4. The monoisotopic (exact) mass is 282 g/mol. The van der Waals surface area contributed by atoms with Crippen LogP contribution in [0, 0.1) is 0 Å². The zero-order chi connectivity index (χ0) is 13.5. The van der Waals surface area contributed by atoms with Crippen molar-refractivity contribution in [3.8, 4) is 0 Å². The first-order chi connectivity index (χ1) is 9.09. The maximum absolute atomic E-state index is 11.8. The number of aryl methyl sites for hydroxylation is 1. The summed E-state index contributed by atoms with van der Waals surface area (Å²) in [6.45, 7) is 0. The Labute approximate surface area is 115 Å². The van der Waals surface area contributed by atoms with Crippen LogP contribution in [0.25, 0.3) is 0 Å². The van der Waals surface area contributed by atoms with Crippen molar-refractivity contribution in [2.75, 3.05) is 0 Å². The van der Waals surface area contributed by atoms with Gasteiger partial charge in [-0.1, -0.05) is 11.8 Å². The van der Waals surface area contributed by atoms with Crippen molar-refractivity contribution in [3.63, 3.8) is 0 Å². The predicted octanol–water partition coefficient (Wildman–Crippen LogP) is -0.169. The van der Waals surface area contributed by atoms with Crippen LogP contribution in [0.2, 0.25) is 0 Å². The molecule has 2 saturated carbocycles. The molecule has 7 nitrogen and oxygen atoms in total. The number of primary amides is 1. The van der Waals surface area contributed by atoms with E-state index in [4.69, 9.17) is 5.73 Å². The molecule has 2 unspecified atom stereocenters. The lowest BCUT2D eigenvalue weighted by Gasteiger charge is -2.27. The molecule has 0 bridgehead atoms. The molecule has 0 aromatic carbocycles. The standard InChI is InChI=1S/C11H18N6OS/c1-17-10(14-15-16-17)19-8-4-5-11(6-8,9(12)18)13-7-2-3-7/h7-8,13H,2-6H2,1H3,(H2,12,18). The summed E-state index contributed by atoms with van der Waals surface area (Å²) < 4.78 is 1.66. The van der Waals surface area contributed by atoms with Crippen LogP contribution in [0.4, 0.5) is 0 Å². The minimum Gasteiger partial charge on any atom is -0.368 e. The highest BCUT2D eigenvalue weighted by Crippen LogP contribution is 2.41. The SMILES string of the molecule is Cn1nnnc1SC1CCC(NC2CC2)(C(N)=O)C1. The first kappa shape index (κ1) is 12.9. The smallest absolute Gasteiger partial charge is 0.237 e. The number of nitrogens with two attached hydrogens (primary N) is 1. The molecule has 3 N–H and O–H groups in total. The normalized spacial score (nSPS) is 30.7. The highest BCUT2D eigenvalue weighted by Gasteiger charge is 2.47. The molecule has 1 aromatic rings. The predicted molar refractivity (Wildman–Crippen MR) is 70.4 cm³/mol. The van der Waals surface area contributed by atoms with Gasteiger partial charge in [0.1, 0.15) is 0 Å². The van der Waals surface area contributed by atoms with Gasteiger partial charge in [-0.2, -0.15) is 0 Å². The number of nitrogens with zero attached hydrogens (tertiary/aromatic N) is 4. The van der Waals surface area contributed by atoms with Gasteiger partial charge < -0.3 is 11.1 Å². The van der Waals surface area contributed by atoms with Gasteiger partial charge in [-0.25, -0.2) is 4.68 Å². The van der Waals surface area contributed by atoms with Crippen LogP contribution in [-0.4, -0.2) is 42.9 Å². The van der Waals surface area contributed by atoms with E-state index in [1.807, 2.05) is 7.05 Å². The molecule has 1 heterocycles. The van der Waals surface area contributed by atoms with E-state index >= 15 is 0 Å². The lowest BCUT2D eigenvalue weighted by atomic mass is 9.96. The number of carbonyl (C=O) groups excluding carboxylic acids is 1. The molecule has 2 aliphatic carbocycles. The Morgan fingerprint density at radius 3 is 2.89 bits per heavy atom. The molecular weight excluding hydrogens is 264 g/mol. The van der Waals surface area contributed by atoms with Crippen molar-refractivity contribution in [2.24, 2.45) is 12.8 Å². The van der Waals surface area contributed by atoms with Crippen LogP contribution in [0.15, 0.2) is 5.16 Å². The van der Waals surface area contributed by atoms with E-state index < -0.39 is 5.54 Å². The fourth-order valence-electron chi connectivity index (χ4n) is 2.62. The van der Waals surface area contributed by atoms with Crippen LogP contribution in [0.5, 0.6) is 0 Å². The van der Waals surface area contributed by atoms with Gasteiger partial charge in [0, 0.05) is 18.3 Å². The molecule has 0 radical (unpaired) electrons. The highest BCUT2D eigenvalue weighted by molar-refractivity contribution is 7.99. The number of amides is 1. The molecule has 0 spiro atoms. The molecule has 2 atom stereocenters. The molecule has 1 amide bonds. The van der Waals surface area contributed by atoms with Crippen LogP contribution >= 0.6 is 11.8 Å².